The number of carbonyl (C=O) groups excluding carboxylic acids is 1. The van der Waals surface area contributed by atoms with Gasteiger partial charge in [0.1, 0.15) is 6.04 Å². The Balaban J connectivity index is 2.49. The molecule has 0 saturated heterocycles. The molecule has 0 spiro atoms. The minimum absolute atomic E-state index is 0.200. The van der Waals surface area contributed by atoms with Gasteiger partial charge in [-0.1, -0.05) is 0 Å². The van der Waals surface area contributed by atoms with Crippen molar-refractivity contribution in [3.05, 3.63) is 24.5 Å². The van der Waals surface area contributed by atoms with E-state index in [1.165, 1.54) is 7.11 Å². The van der Waals surface area contributed by atoms with Crippen LogP contribution in [0.5, 0.6) is 0 Å². The number of nitrogens with zero attached hydrogens (tertiary/aromatic N) is 1. The Hall–Kier alpha value is -1.46. The van der Waals surface area contributed by atoms with Gasteiger partial charge in [-0.25, -0.2) is 0 Å². The molecule has 1 unspecified atom stereocenters. The minimum Gasteiger partial charge on any atom is -0.383 e. The molecular weight excluding hydrogens is 182 g/mol. The monoisotopic (exact) mass is 195 g/mol. The number of amides is 1. The molecule has 1 aromatic rings. The molecule has 14 heavy (non-hydrogen) atoms. The van der Waals surface area contributed by atoms with E-state index < -0.39 is 6.04 Å². The van der Waals surface area contributed by atoms with Crippen molar-refractivity contribution in [1.82, 2.24) is 4.98 Å². The second-order valence-corrected chi connectivity index (χ2v) is 2.79. The second kappa shape index (κ2) is 5.31. The van der Waals surface area contributed by atoms with Crippen LogP contribution in [0.4, 0.5) is 5.69 Å². The summed E-state index contributed by atoms with van der Waals surface area (Å²) in [5, 5.41) is 2.62. The maximum atomic E-state index is 11.4. The fraction of sp³-hybridized carbons (Fsp3) is 0.333. The molecule has 0 saturated carbocycles. The number of anilines is 1. The van der Waals surface area contributed by atoms with E-state index in [1.807, 2.05) is 0 Å². The number of ether oxygens (including phenoxy) is 1. The summed E-state index contributed by atoms with van der Waals surface area (Å²) in [6.45, 7) is 0.200. The Morgan fingerprint density at radius 3 is 3.14 bits per heavy atom. The second-order valence-electron chi connectivity index (χ2n) is 2.79. The van der Waals surface area contributed by atoms with E-state index in [1.54, 1.807) is 24.5 Å². The number of carbonyl (C=O) groups is 1. The Morgan fingerprint density at radius 1 is 1.79 bits per heavy atom. The molecule has 1 rings (SSSR count). The van der Waals surface area contributed by atoms with Gasteiger partial charge in [0, 0.05) is 13.3 Å². The van der Waals surface area contributed by atoms with Crippen LogP contribution in [-0.2, 0) is 9.53 Å². The number of aromatic nitrogens is 1. The lowest BCUT2D eigenvalue weighted by Crippen LogP contribution is -2.39. The minimum atomic E-state index is -0.653. The number of hydrogen-bond donors (Lipinski definition) is 2. The average molecular weight is 195 g/mol. The molecule has 0 bridgehead atoms. The van der Waals surface area contributed by atoms with Gasteiger partial charge in [0.15, 0.2) is 0 Å². The summed E-state index contributed by atoms with van der Waals surface area (Å²) in [4.78, 5) is 15.2. The highest BCUT2D eigenvalue weighted by atomic mass is 16.5. The quantitative estimate of drug-likeness (QED) is 0.708. The number of pyridine rings is 1. The summed E-state index contributed by atoms with van der Waals surface area (Å²) < 4.78 is 4.76. The summed E-state index contributed by atoms with van der Waals surface area (Å²) in [6, 6.07) is 2.82. The van der Waals surface area contributed by atoms with Crippen LogP contribution in [0, 0.1) is 0 Å². The van der Waals surface area contributed by atoms with E-state index in [9.17, 15) is 4.79 Å². The number of nitrogens with one attached hydrogen (secondary N) is 1. The smallest absolute Gasteiger partial charge is 0.243 e. The molecule has 0 aliphatic carbocycles. The average Bonchev–Trinajstić information content (AvgIpc) is 2.19. The van der Waals surface area contributed by atoms with Crippen LogP contribution in [-0.4, -0.2) is 30.6 Å². The molecule has 76 valence electrons. The van der Waals surface area contributed by atoms with E-state index in [-0.39, 0.29) is 12.5 Å². The standard InChI is InChI=1S/C9H13N3O2/c1-14-6-8(10)9(13)12-7-3-2-4-11-5-7/h2-5,8H,6,10H2,1H3,(H,12,13). The molecule has 1 heterocycles. The lowest BCUT2D eigenvalue weighted by atomic mass is 10.3. The fourth-order valence-electron chi connectivity index (χ4n) is 0.927. The van der Waals surface area contributed by atoms with Gasteiger partial charge in [0.2, 0.25) is 5.91 Å². The molecule has 5 nitrogen and oxygen atoms in total. The van der Waals surface area contributed by atoms with Crippen LogP contribution >= 0.6 is 0 Å². The molecule has 1 aromatic heterocycles. The first-order valence-corrected chi connectivity index (χ1v) is 4.19. The Kier molecular flexibility index (Phi) is 4.03. The number of methoxy groups -OCH3 is 1. The van der Waals surface area contributed by atoms with Crippen LogP contribution in [0.2, 0.25) is 0 Å². The van der Waals surface area contributed by atoms with Crippen molar-refractivity contribution in [2.24, 2.45) is 5.73 Å². The van der Waals surface area contributed by atoms with Gasteiger partial charge in [-0.15, -0.1) is 0 Å². The van der Waals surface area contributed by atoms with Crippen molar-refractivity contribution >= 4 is 11.6 Å². The summed E-state index contributed by atoms with van der Waals surface area (Å²) in [5.74, 6) is -0.278. The highest BCUT2D eigenvalue weighted by Crippen LogP contribution is 2.02. The van der Waals surface area contributed by atoms with Gasteiger partial charge in [-0.05, 0) is 12.1 Å². The van der Waals surface area contributed by atoms with E-state index in [0.29, 0.717) is 5.69 Å². The third kappa shape index (κ3) is 3.12. The number of nitrogens with two attached hydrogens (primary N) is 1. The van der Waals surface area contributed by atoms with Crippen LogP contribution in [0.1, 0.15) is 0 Å². The highest BCUT2D eigenvalue weighted by molar-refractivity contribution is 5.94. The van der Waals surface area contributed by atoms with E-state index >= 15 is 0 Å². The SMILES string of the molecule is COCC(N)C(=O)Nc1cccnc1. The van der Waals surface area contributed by atoms with Crippen LogP contribution in [0.25, 0.3) is 0 Å². The molecule has 3 N–H and O–H groups in total. The highest BCUT2D eigenvalue weighted by Gasteiger charge is 2.12. The molecule has 0 aliphatic rings. The first-order chi connectivity index (χ1) is 6.74. The van der Waals surface area contributed by atoms with Crippen LogP contribution in [0.15, 0.2) is 24.5 Å². The zero-order valence-corrected chi connectivity index (χ0v) is 7.93. The molecule has 0 fully saturated rings. The third-order valence-corrected chi connectivity index (χ3v) is 1.61. The van der Waals surface area contributed by atoms with E-state index in [0.717, 1.165) is 0 Å². The lowest BCUT2D eigenvalue weighted by molar-refractivity contribution is -0.118. The van der Waals surface area contributed by atoms with Gasteiger partial charge in [-0.2, -0.15) is 0 Å². The first kappa shape index (κ1) is 10.6. The largest absolute Gasteiger partial charge is 0.383 e. The van der Waals surface area contributed by atoms with Crippen molar-refractivity contribution in [2.75, 3.05) is 19.0 Å². The Bertz CT molecular complexity index is 289. The zero-order chi connectivity index (χ0) is 10.4. The Labute approximate surface area is 82.3 Å². The van der Waals surface area contributed by atoms with Crippen LogP contribution < -0.4 is 11.1 Å². The molecule has 5 heteroatoms. The van der Waals surface area contributed by atoms with Crippen molar-refractivity contribution in [3.63, 3.8) is 0 Å². The zero-order valence-electron chi connectivity index (χ0n) is 7.93. The maximum Gasteiger partial charge on any atom is 0.243 e. The van der Waals surface area contributed by atoms with E-state index in [2.05, 4.69) is 10.3 Å². The molecule has 0 aromatic carbocycles. The fourth-order valence-corrected chi connectivity index (χ4v) is 0.927. The van der Waals surface area contributed by atoms with E-state index in [4.69, 9.17) is 10.5 Å². The number of rotatable bonds is 4. The van der Waals surface area contributed by atoms with Crippen molar-refractivity contribution in [3.8, 4) is 0 Å². The lowest BCUT2D eigenvalue weighted by Gasteiger charge is -2.10. The molecule has 0 aliphatic heterocycles. The number of hydrogen-bond acceptors (Lipinski definition) is 4. The van der Waals surface area contributed by atoms with Gasteiger partial charge in [0.25, 0.3) is 0 Å². The third-order valence-electron chi connectivity index (χ3n) is 1.61. The molecule has 1 atom stereocenters. The maximum absolute atomic E-state index is 11.4. The topological polar surface area (TPSA) is 77.2 Å². The van der Waals surface area contributed by atoms with Gasteiger partial charge < -0.3 is 15.8 Å². The normalized spacial score (nSPS) is 12.1. The summed E-state index contributed by atoms with van der Waals surface area (Å²) >= 11 is 0. The first-order valence-electron chi connectivity index (χ1n) is 4.19. The van der Waals surface area contributed by atoms with Crippen molar-refractivity contribution < 1.29 is 9.53 Å². The summed E-state index contributed by atoms with van der Waals surface area (Å²) in [5.41, 5.74) is 6.15. The van der Waals surface area contributed by atoms with Gasteiger partial charge >= 0.3 is 0 Å². The van der Waals surface area contributed by atoms with Gasteiger partial charge in [0.05, 0.1) is 18.5 Å². The van der Waals surface area contributed by atoms with Crippen molar-refractivity contribution in [1.29, 1.82) is 0 Å². The molecule has 0 radical (unpaired) electrons. The van der Waals surface area contributed by atoms with Gasteiger partial charge in [-0.3, -0.25) is 9.78 Å². The van der Waals surface area contributed by atoms with Crippen LogP contribution in [0.3, 0.4) is 0 Å². The predicted molar refractivity (Wildman–Crippen MR) is 52.7 cm³/mol. The molecule has 1 amide bonds. The summed E-state index contributed by atoms with van der Waals surface area (Å²) in [7, 11) is 1.50. The predicted octanol–water partition coefficient (Wildman–Crippen LogP) is -0.00620. The Morgan fingerprint density at radius 2 is 2.57 bits per heavy atom. The molecular formula is C9H13N3O2. The summed E-state index contributed by atoms with van der Waals surface area (Å²) in [6.07, 6.45) is 3.18. The van der Waals surface area contributed by atoms with Crippen molar-refractivity contribution in [2.45, 2.75) is 6.04 Å².